The van der Waals surface area contributed by atoms with Gasteiger partial charge in [-0.05, 0) is 56.3 Å². The number of aromatic hydroxyl groups is 1. The van der Waals surface area contributed by atoms with E-state index in [0.29, 0.717) is 0 Å². The number of carbonyl (C=O) groups is 2. The van der Waals surface area contributed by atoms with Gasteiger partial charge in [0.1, 0.15) is 5.75 Å². The Bertz CT molecular complexity index is 1080. The van der Waals surface area contributed by atoms with Gasteiger partial charge in [0.15, 0.2) is 5.92 Å². The number of sulfonamides is 1. The average Bonchev–Trinajstić information content (AvgIpc) is 2.63. The second kappa shape index (κ2) is 9.15. The second-order valence-corrected chi connectivity index (χ2v) is 8.73. The number of rotatable bonds is 7. The predicted molar refractivity (Wildman–Crippen MR) is 105 cm³/mol. The van der Waals surface area contributed by atoms with Crippen LogP contribution >= 0.6 is 11.6 Å². The normalized spacial score (nSPS) is 13.0. The van der Waals surface area contributed by atoms with Gasteiger partial charge in [0.2, 0.25) is 0 Å². The molecule has 0 heterocycles. The molecule has 168 valence electrons. The van der Waals surface area contributed by atoms with Crippen LogP contribution in [0.15, 0.2) is 47.4 Å². The summed E-state index contributed by atoms with van der Waals surface area (Å²) in [6.45, 7) is 2.73. The van der Waals surface area contributed by atoms with Crippen molar-refractivity contribution in [2.45, 2.75) is 36.9 Å². The van der Waals surface area contributed by atoms with Gasteiger partial charge in [-0.2, -0.15) is 13.2 Å². The van der Waals surface area contributed by atoms with Crippen LogP contribution in [0.3, 0.4) is 0 Å². The highest BCUT2D eigenvalue weighted by molar-refractivity contribution is 7.92. The number of phenols is 1. The molecule has 31 heavy (non-hydrogen) atoms. The molecule has 0 unspecified atom stereocenters. The molecule has 0 amide bonds. The maximum absolute atomic E-state index is 13.1. The van der Waals surface area contributed by atoms with Crippen LogP contribution in [-0.2, 0) is 24.3 Å². The minimum absolute atomic E-state index is 0.200. The van der Waals surface area contributed by atoms with Crippen molar-refractivity contribution in [2.24, 2.45) is 0 Å². The van der Waals surface area contributed by atoms with Gasteiger partial charge in [-0.25, -0.2) is 8.42 Å². The largest absolute Gasteiger partial charge is 0.508 e. The molecule has 0 spiro atoms. The Hall–Kier alpha value is -2.79. The van der Waals surface area contributed by atoms with Gasteiger partial charge in [0.05, 0.1) is 11.0 Å². The lowest BCUT2D eigenvalue weighted by molar-refractivity contribution is -0.178. The Labute approximate surface area is 180 Å². The minimum atomic E-state index is -5.41. The van der Waals surface area contributed by atoms with Gasteiger partial charge in [0.25, 0.3) is 15.8 Å². The third kappa shape index (κ3) is 6.11. The van der Waals surface area contributed by atoms with Gasteiger partial charge in [-0.15, -0.1) is 0 Å². The molecule has 2 aromatic rings. The molecular formula is C19H17ClF3NO6S. The molecule has 2 N–H and O–H groups in total. The number of hydrogen-bond donors (Lipinski definition) is 2. The van der Waals surface area contributed by atoms with Crippen molar-refractivity contribution < 1.29 is 41.0 Å². The number of benzene rings is 2. The van der Waals surface area contributed by atoms with E-state index < -0.39 is 51.3 Å². The van der Waals surface area contributed by atoms with E-state index in [-0.39, 0.29) is 15.6 Å². The molecule has 7 nitrogen and oxygen atoms in total. The zero-order valence-corrected chi connectivity index (χ0v) is 17.7. The van der Waals surface area contributed by atoms with Gasteiger partial charge < -0.3 is 9.84 Å². The first-order chi connectivity index (χ1) is 14.2. The fourth-order valence-electron chi connectivity index (χ4n) is 2.52. The van der Waals surface area contributed by atoms with Crippen LogP contribution in [0, 0.1) is 0 Å². The van der Waals surface area contributed by atoms with E-state index in [2.05, 4.69) is 4.72 Å². The van der Waals surface area contributed by atoms with E-state index in [0.717, 1.165) is 18.2 Å². The van der Waals surface area contributed by atoms with E-state index in [1.54, 1.807) is 0 Å². The van der Waals surface area contributed by atoms with E-state index in [1.807, 2.05) is 0 Å². The van der Waals surface area contributed by atoms with E-state index >= 15 is 0 Å². The number of alkyl halides is 3. The molecule has 0 fully saturated rings. The van der Waals surface area contributed by atoms with Gasteiger partial charge in [-0.3, -0.25) is 14.3 Å². The van der Waals surface area contributed by atoms with Crippen molar-refractivity contribution >= 4 is 39.1 Å². The van der Waals surface area contributed by atoms with Gasteiger partial charge in [0, 0.05) is 16.3 Å². The fraction of sp³-hybridized carbons (Fsp3) is 0.263. The molecule has 1 atom stereocenters. The van der Waals surface area contributed by atoms with Crippen LogP contribution in [0.25, 0.3) is 0 Å². The summed E-state index contributed by atoms with van der Waals surface area (Å²) in [5, 5.41) is 10.3. The molecule has 0 saturated carbocycles. The lowest BCUT2D eigenvalue weighted by Crippen LogP contribution is -2.35. The number of carbonyl (C=O) groups excluding carboxylic acids is 2. The molecule has 0 saturated heterocycles. The van der Waals surface area contributed by atoms with Crippen LogP contribution in [0.1, 0.15) is 25.3 Å². The summed E-state index contributed by atoms with van der Waals surface area (Å²) >= 11 is 5.72. The summed E-state index contributed by atoms with van der Waals surface area (Å²) in [7, 11) is -4.19. The fourth-order valence-corrected chi connectivity index (χ4v) is 3.69. The SMILES string of the molecule is CC(C)OC(=O)[C@@H](C(=O)C(F)(F)F)c1cc(NS(=O)(=O)c2ccc(Cl)cc2)ccc1O. The first-order valence-corrected chi connectivity index (χ1v) is 10.5. The van der Waals surface area contributed by atoms with Crippen molar-refractivity contribution in [3.63, 3.8) is 0 Å². The number of hydrogen-bond acceptors (Lipinski definition) is 6. The molecule has 0 aliphatic rings. The second-order valence-electron chi connectivity index (χ2n) is 6.61. The highest BCUT2D eigenvalue weighted by Crippen LogP contribution is 2.35. The van der Waals surface area contributed by atoms with E-state index in [1.165, 1.54) is 38.1 Å². The van der Waals surface area contributed by atoms with Crippen LogP contribution in [0.5, 0.6) is 5.75 Å². The third-order valence-corrected chi connectivity index (χ3v) is 5.49. The van der Waals surface area contributed by atoms with Crippen LogP contribution in [-0.4, -0.2) is 37.6 Å². The Morgan fingerprint density at radius 1 is 1.10 bits per heavy atom. The predicted octanol–water partition coefficient (Wildman–Crippen LogP) is 4.01. The Morgan fingerprint density at radius 2 is 1.68 bits per heavy atom. The van der Waals surface area contributed by atoms with Gasteiger partial charge >= 0.3 is 12.1 Å². The van der Waals surface area contributed by atoms with Crippen molar-refractivity contribution in [1.82, 2.24) is 0 Å². The minimum Gasteiger partial charge on any atom is -0.508 e. The van der Waals surface area contributed by atoms with Gasteiger partial charge in [-0.1, -0.05) is 11.6 Å². The summed E-state index contributed by atoms with van der Waals surface area (Å²) in [6, 6.07) is 7.70. The zero-order chi connectivity index (χ0) is 23.6. The summed E-state index contributed by atoms with van der Waals surface area (Å²) < 4.78 is 71.1. The molecule has 2 aromatic carbocycles. The first-order valence-electron chi connectivity index (χ1n) is 8.65. The molecule has 2 rings (SSSR count). The van der Waals surface area contributed by atoms with E-state index in [4.69, 9.17) is 16.3 Å². The number of halogens is 4. The molecular weight excluding hydrogens is 463 g/mol. The zero-order valence-electron chi connectivity index (χ0n) is 16.1. The number of anilines is 1. The molecule has 0 aliphatic heterocycles. The lowest BCUT2D eigenvalue weighted by atomic mass is 9.93. The number of esters is 1. The number of phenolic OH excluding ortho intramolecular Hbond substituents is 1. The highest BCUT2D eigenvalue weighted by Gasteiger charge is 2.48. The molecule has 12 heteroatoms. The molecule has 0 radical (unpaired) electrons. The first kappa shape index (κ1) is 24.5. The number of ether oxygens (including phenoxy) is 1. The topological polar surface area (TPSA) is 110 Å². The highest BCUT2D eigenvalue weighted by atomic mass is 35.5. The number of nitrogens with one attached hydrogen (secondary N) is 1. The Balaban J connectivity index is 2.49. The van der Waals surface area contributed by atoms with Crippen LogP contribution in [0.2, 0.25) is 5.02 Å². The molecule has 0 aliphatic carbocycles. The summed E-state index contributed by atoms with van der Waals surface area (Å²) in [5.74, 6) is -7.36. The van der Waals surface area contributed by atoms with Crippen molar-refractivity contribution in [3.05, 3.63) is 53.1 Å². The smallest absolute Gasteiger partial charge is 0.451 e. The van der Waals surface area contributed by atoms with E-state index in [9.17, 15) is 36.3 Å². The summed E-state index contributed by atoms with van der Waals surface area (Å²) in [4.78, 5) is 23.9. The maximum atomic E-state index is 13.1. The standard InChI is InChI=1S/C19H17ClF3NO6S/c1-10(2)30-18(27)16(17(26)19(21,22)23)14-9-12(5-8-15(14)25)24-31(28,29)13-6-3-11(20)4-7-13/h3-10,16,24-25H,1-2H3/t16-/m1/s1. The number of Topliss-reactive ketones (excluding diaryl/α,β-unsaturated/α-hetero) is 1. The number of ketones is 1. The Kier molecular flexibility index (Phi) is 7.22. The maximum Gasteiger partial charge on any atom is 0.451 e. The monoisotopic (exact) mass is 479 g/mol. The molecule has 0 aromatic heterocycles. The van der Waals surface area contributed by atoms with Crippen molar-refractivity contribution in [2.75, 3.05) is 4.72 Å². The quantitative estimate of drug-likeness (QED) is 0.353. The molecule has 0 bridgehead atoms. The summed E-state index contributed by atoms with van der Waals surface area (Å²) in [5.41, 5.74) is -1.05. The third-order valence-electron chi connectivity index (χ3n) is 3.84. The van der Waals surface area contributed by atoms with Crippen molar-refractivity contribution in [1.29, 1.82) is 0 Å². The Morgan fingerprint density at radius 3 is 2.19 bits per heavy atom. The van der Waals surface area contributed by atoms with Crippen LogP contribution < -0.4 is 4.72 Å². The lowest BCUT2D eigenvalue weighted by Gasteiger charge is -2.20. The van der Waals surface area contributed by atoms with Crippen molar-refractivity contribution in [3.8, 4) is 5.75 Å². The summed E-state index contributed by atoms with van der Waals surface area (Å²) in [6.07, 6.45) is -6.25. The van der Waals surface area contributed by atoms with Crippen LogP contribution in [0.4, 0.5) is 18.9 Å². The average molecular weight is 480 g/mol.